The number of hydrogen-bond donors (Lipinski definition) is 3. The second-order valence-corrected chi connectivity index (χ2v) is 13.3. The fourth-order valence-corrected chi connectivity index (χ4v) is 6.40. The molecule has 5 nitrogen and oxygen atoms in total. The third kappa shape index (κ3) is 12.1. The number of rotatable bonds is 21. The van der Waals surface area contributed by atoms with Gasteiger partial charge < -0.3 is 10.6 Å². The summed E-state index contributed by atoms with van der Waals surface area (Å²) in [5.74, 6) is 0. The lowest BCUT2D eigenvalue weighted by Gasteiger charge is -2.37. The highest BCUT2D eigenvalue weighted by atomic mass is 15.8. The van der Waals surface area contributed by atoms with Crippen molar-refractivity contribution >= 4 is 34.1 Å². The van der Waals surface area contributed by atoms with Crippen molar-refractivity contribution in [2.45, 2.75) is 103 Å². The quantitative estimate of drug-likeness (QED) is 0.0788. The van der Waals surface area contributed by atoms with Gasteiger partial charge in [-0.3, -0.25) is 10.0 Å². The van der Waals surface area contributed by atoms with E-state index in [9.17, 15) is 0 Å². The molecule has 4 aromatic carbocycles. The Morgan fingerprint density at radius 2 is 0.896 bits per heavy atom. The van der Waals surface area contributed by atoms with E-state index in [0.29, 0.717) is 0 Å². The van der Waals surface area contributed by atoms with E-state index in [1.165, 1.54) is 95.5 Å². The van der Waals surface area contributed by atoms with Gasteiger partial charge in [-0.1, -0.05) is 127 Å². The van der Waals surface area contributed by atoms with Gasteiger partial charge in [0.2, 0.25) is 0 Å². The Kier molecular flexibility index (Phi) is 14.8. The highest BCUT2D eigenvalue weighted by Gasteiger charge is 2.19. The number of para-hydroxylation sites is 2. The predicted molar refractivity (Wildman–Crippen MR) is 208 cm³/mol. The summed E-state index contributed by atoms with van der Waals surface area (Å²) in [5.41, 5.74) is 11.7. The normalized spacial score (nSPS) is 13.0. The molecule has 0 aromatic heterocycles. The summed E-state index contributed by atoms with van der Waals surface area (Å²) in [6, 6.07) is 38.0. The zero-order valence-electron chi connectivity index (χ0n) is 29.2. The van der Waals surface area contributed by atoms with Crippen molar-refractivity contribution in [2.24, 2.45) is 0 Å². The van der Waals surface area contributed by atoms with Gasteiger partial charge in [-0.15, -0.1) is 5.53 Å². The maximum absolute atomic E-state index is 3.66. The van der Waals surface area contributed by atoms with Gasteiger partial charge in [-0.05, 0) is 91.2 Å². The minimum atomic E-state index is 0.869. The Balaban J connectivity index is 1.12. The molecular formula is C43H57N5. The molecule has 5 heteroatoms. The molecule has 3 N–H and O–H groups in total. The van der Waals surface area contributed by atoms with Crippen LogP contribution >= 0.6 is 0 Å². The van der Waals surface area contributed by atoms with Crippen molar-refractivity contribution < 1.29 is 0 Å². The van der Waals surface area contributed by atoms with Gasteiger partial charge in [0, 0.05) is 28.9 Å². The standard InChI is InChI=1S/C43H57N5/c1-2-3-4-5-6-7-8-9-10-11-12-13-14-17-22-37-35-47(42-31-27-40(28-32-42)44-38-23-18-15-19-24-38)46-48(36-37)43-33-29-41(30-34-43)45-39-25-20-16-21-26-39/h15-16,18-21,23-35,44-46H,2-14,17,22,36H2,1H3. The summed E-state index contributed by atoms with van der Waals surface area (Å²) >= 11 is 0. The van der Waals surface area contributed by atoms with Crippen molar-refractivity contribution in [3.63, 3.8) is 0 Å². The molecule has 0 amide bonds. The summed E-state index contributed by atoms with van der Waals surface area (Å²) in [6.07, 6.45) is 22.9. The second-order valence-electron chi connectivity index (χ2n) is 13.3. The van der Waals surface area contributed by atoms with Gasteiger partial charge in [0.1, 0.15) is 0 Å². The average molecular weight is 644 g/mol. The lowest BCUT2D eigenvalue weighted by Crippen LogP contribution is -2.52. The smallest absolute Gasteiger partial charge is 0.0590 e. The Hall–Kier alpha value is -4.22. The molecule has 4 aromatic rings. The van der Waals surface area contributed by atoms with E-state index in [0.717, 1.165) is 47.1 Å². The molecule has 1 heterocycles. The summed E-state index contributed by atoms with van der Waals surface area (Å²) in [5, 5.41) is 11.4. The van der Waals surface area contributed by atoms with Crippen LogP contribution in [-0.2, 0) is 0 Å². The van der Waals surface area contributed by atoms with Crippen LogP contribution in [-0.4, -0.2) is 6.54 Å². The molecule has 48 heavy (non-hydrogen) atoms. The molecule has 0 fully saturated rings. The average Bonchev–Trinajstić information content (AvgIpc) is 3.13. The minimum Gasteiger partial charge on any atom is -0.356 e. The highest BCUT2D eigenvalue weighted by molar-refractivity contribution is 5.65. The Bertz CT molecular complexity index is 1450. The molecule has 0 atom stereocenters. The summed E-state index contributed by atoms with van der Waals surface area (Å²) in [7, 11) is 0. The fourth-order valence-electron chi connectivity index (χ4n) is 6.40. The van der Waals surface area contributed by atoms with Crippen LogP contribution in [0.15, 0.2) is 121 Å². The zero-order valence-corrected chi connectivity index (χ0v) is 29.2. The maximum Gasteiger partial charge on any atom is 0.0590 e. The number of nitrogens with one attached hydrogen (secondary N) is 3. The van der Waals surface area contributed by atoms with Crippen LogP contribution in [0, 0.1) is 0 Å². The molecule has 1 aliphatic heterocycles. The third-order valence-corrected chi connectivity index (χ3v) is 9.20. The first-order valence-electron chi connectivity index (χ1n) is 18.6. The third-order valence-electron chi connectivity index (χ3n) is 9.20. The largest absolute Gasteiger partial charge is 0.356 e. The predicted octanol–water partition coefficient (Wildman–Crippen LogP) is 12.7. The molecule has 0 radical (unpaired) electrons. The van der Waals surface area contributed by atoms with Crippen LogP contribution in [0.4, 0.5) is 34.1 Å². The van der Waals surface area contributed by atoms with E-state index in [4.69, 9.17) is 0 Å². The number of hydrazine groups is 2. The molecule has 0 bridgehead atoms. The molecule has 0 spiro atoms. The van der Waals surface area contributed by atoms with E-state index >= 15 is 0 Å². The lowest BCUT2D eigenvalue weighted by molar-refractivity contribution is 0.533. The molecule has 0 saturated carbocycles. The Labute approximate surface area is 290 Å². The summed E-state index contributed by atoms with van der Waals surface area (Å²) < 4.78 is 0. The minimum absolute atomic E-state index is 0.869. The molecule has 5 rings (SSSR count). The van der Waals surface area contributed by atoms with Crippen LogP contribution in [0.2, 0.25) is 0 Å². The van der Waals surface area contributed by atoms with Gasteiger partial charge in [0.25, 0.3) is 0 Å². The zero-order chi connectivity index (χ0) is 33.1. The molecular weight excluding hydrogens is 587 g/mol. The Morgan fingerprint density at radius 3 is 1.38 bits per heavy atom. The van der Waals surface area contributed by atoms with E-state index in [2.05, 4.69) is 136 Å². The van der Waals surface area contributed by atoms with Crippen molar-refractivity contribution in [3.05, 3.63) is 121 Å². The monoisotopic (exact) mass is 643 g/mol. The first-order chi connectivity index (χ1) is 23.8. The van der Waals surface area contributed by atoms with Crippen LogP contribution in [0.25, 0.3) is 0 Å². The van der Waals surface area contributed by atoms with Gasteiger partial charge >= 0.3 is 0 Å². The van der Waals surface area contributed by atoms with E-state index in [1.54, 1.807) is 0 Å². The van der Waals surface area contributed by atoms with Crippen LogP contribution in [0.3, 0.4) is 0 Å². The Morgan fingerprint density at radius 1 is 0.479 bits per heavy atom. The molecule has 0 aliphatic carbocycles. The van der Waals surface area contributed by atoms with E-state index in [1.807, 2.05) is 12.1 Å². The number of nitrogens with zero attached hydrogens (tertiary/aromatic N) is 2. The van der Waals surface area contributed by atoms with Gasteiger partial charge in [-0.25, -0.2) is 0 Å². The lowest BCUT2D eigenvalue weighted by atomic mass is 10.0. The summed E-state index contributed by atoms with van der Waals surface area (Å²) in [4.78, 5) is 0. The molecule has 0 unspecified atom stereocenters. The maximum atomic E-state index is 3.66. The topological polar surface area (TPSA) is 42.6 Å². The fraction of sp³-hybridized carbons (Fsp3) is 0.395. The van der Waals surface area contributed by atoms with Gasteiger partial charge in [0.05, 0.1) is 17.9 Å². The first kappa shape index (κ1) is 35.1. The van der Waals surface area contributed by atoms with Crippen LogP contribution < -0.4 is 26.2 Å². The van der Waals surface area contributed by atoms with Crippen molar-refractivity contribution in [1.82, 2.24) is 5.53 Å². The van der Waals surface area contributed by atoms with E-state index < -0.39 is 0 Å². The first-order valence-corrected chi connectivity index (χ1v) is 18.6. The number of hydrogen-bond acceptors (Lipinski definition) is 5. The van der Waals surface area contributed by atoms with Crippen molar-refractivity contribution in [3.8, 4) is 0 Å². The van der Waals surface area contributed by atoms with Gasteiger partial charge in [-0.2, -0.15) is 0 Å². The highest BCUT2D eigenvalue weighted by Crippen LogP contribution is 2.28. The van der Waals surface area contributed by atoms with E-state index in [-0.39, 0.29) is 0 Å². The SMILES string of the molecule is CCCCCCCCCCCCCCCCC1=CN(c2ccc(Nc3ccccc3)cc2)NN(c2ccc(Nc3ccccc3)cc2)C1. The molecule has 254 valence electrons. The van der Waals surface area contributed by atoms with Crippen LogP contribution in [0.5, 0.6) is 0 Å². The summed E-state index contributed by atoms with van der Waals surface area (Å²) in [6.45, 7) is 3.16. The second kappa shape index (κ2) is 20.2. The van der Waals surface area contributed by atoms with Crippen LogP contribution in [0.1, 0.15) is 103 Å². The van der Waals surface area contributed by atoms with Gasteiger partial charge in [0.15, 0.2) is 0 Å². The number of anilines is 6. The number of benzene rings is 4. The van der Waals surface area contributed by atoms with Crippen molar-refractivity contribution in [2.75, 3.05) is 27.2 Å². The molecule has 0 saturated heterocycles. The molecule has 1 aliphatic rings. The number of unbranched alkanes of at least 4 members (excludes halogenated alkanes) is 13. The van der Waals surface area contributed by atoms with Crippen molar-refractivity contribution in [1.29, 1.82) is 0 Å².